The lowest BCUT2D eigenvalue weighted by molar-refractivity contribution is -0.144. The molecule has 0 aromatic carbocycles. The van der Waals surface area contributed by atoms with Crippen molar-refractivity contribution < 1.29 is 19.4 Å². The molecule has 0 aliphatic heterocycles. The van der Waals surface area contributed by atoms with E-state index in [0.717, 1.165) is 19.3 Å². The summed E-state index contributed by atoms with van der Waals surface area (Å²) in [6, 6.07) is -0.943. The number of hydrogen-bond acceptors (Lipinski definition) is 3. The first kappa shape index (κ1) is 14.0. The van der Waals surface area contributed by atoms with E-state index in [1.807, 2.05) is 0 Å². The number of aliphatic carboxylic acids is 1. The first-order valence-corrected chi connectivity index (χ1v) is 6.12. The number of hydrogen-bond donors (Lipinski definition) is 2. The van der Waals surface area contributed by atoms with Crippen molar-refractivity contribution in [2.45, 2.75) is 51.7 Å². The van der Waals surface area contributed by atoms with Crippen LogP contribution in [0.1, 0.15) is 39.5 Å². The highest BCUT2D eigenvalue weighted by molar-refractivity contribution is 5.82. The Hall–Kier alpha value is -1.10. The van der Waals surface area contributed by atoms with Crippen molar-refractivity contribution in [1.29, 1.82) is 0 Å². The van der Waals surface area contributed by atoms with Crippen LogP contribution in [0.5, 0.6) is 0 Å². The molecule has 1 amide bonds. The van der Waals surface area contributed by atoms with Gasteiger partial charge in [-0.2, -0.15) is 0 Å². The van der Waals surface area contributed by atoms with Gasteiger partial charge in [0.1, 0.15) is 0 Å². The van der Waals surface area contributed by atoms with Crippen LogP contribution < -0.4 is 5.32 Å². The van der Waals surface area contributed by atoms with Crippen molar-refractivity contribution in [3.63, 3.8) is 0 Å². The van der Waals surface area contributed by atoms with E-state index >= 15 is 0 Å². The van der Waals surface area contributed by atoms with E-state index in [2.05, 4.69) is 12.2 Å². The smallest absolute Gasteiger partial charge is 0.328 e. The summed E-state index contributed by atoms with van der Waals surface area (Å²) in [6.45, 7) is 3.47. The SMILES string of the molecule is CC(=O)NC(COC1CCCCC1C)C(=O)O. The number of carbonyl (C=O) groups excluding carboxylic acids is 1. The van der Waals surface area contributed by atoms with Crippen molar-refractivity contribution in [2.24, 2.45) is 5.92 Å². The fraction of sp³-hybridized carbons (Fsp3) is 0.833. The summed E-state index contributed by atoms with van der Waals surface area (Å²) >= 11 is 0. The molecule has 0 aromatic rings. The van der Waals surface area contributed by atoms with Gasteiger partial charge in [0.05, 0.1) is 12.7 Å². The van der Waals surface area contributed by atoms with Crippen LogP contribution in [0, 0.1) is 5.92 Å². The van der Waals surface area contributed by atoms with Crippen molar-refractivity contribution in [1.82, 2.24) is 5.32 Å². The van der Waals surface area contributed by atoms with Gasteiger partial charge in [-0.15, -0.1) is 0 Å². The number of rotatable bonds is 5. The maximum atomic E-state index is 10.9. The Morgan fingerprint density at radius 2 is 2.06 bits per heavy atom. The van der Waals surface area contributed by atoms with E-state index in [0.29, 0.717) is 5.92 Å². The summed E-state index contributed by atoms with van der Waals surface area (Å²) < 4.78 is 5.62. The van der Waals surface area contributed by atoms with Crippen LogP contribution in [0.3, 0.4) is 0 Å². The van der Waals surface area contributed by atoms with E-state index in [9.17, 15) is 9.59 Å². The molecule has 1 aliphatic rings. The average Bonchev–Trinajstić information content (AvgIpc) is 2.25. The van der Waals surface area contributed by atoms with Crippen LogP contribution >= 0.6 is 0 Å². The van der Waals surface area contributed by atoms with Gasteiger partial charge in [-0.3, -0.25) is 4.79 Å². The van der Waals surface area contributed by atoms with Crippen molar-refractivity contribution in [3.05, 3.63) is 0 Å². The zero-order chi connectivity index (χ0) is 12.8. The lowest BCUT2D eigenvalue weighted by Gasteiger charge is -2.29. The van der Waals surface area contributed by atoms with Gasteiger partial charge >= 0.3 is 5.97 Å². The van der Waals surface area contributed by atoms with Crippen LogP contribution in [0.2, 0.25) is 0 Å². The first-order valence-electron chi connectivity index (χ1n) is 6.12. The van der Waals surface area contributed by atoms with Crippen LogP contribution in [0.4, 0.5) is 0 Å². The third-order valence-corrected chi connectivity index (χ3v) is 3.19. The molecule has 1 aliphatic carbocycles. The van der Waals surface area contributed by atoms with Crippen molar-refractivity contribution >= 4 is 11.9 Å². The summed E-state index contributed by atoms with van der Waals surface area (Å²) in [5.74, 6) is -0.933. The Balaban J connectivity index is 2.39. The largest absolute Gasteiger partial charge is 0.480 e. The van der Waals surface area contributed by atoms with Gasteiger partial charge < -0.3 is 15.2 Å². The maximum absolute atomic E-state index is 10.9. The molecule has 17 heavy (non-hydrogen) atoms. The highest BCUT2D eigenvalue weighted by Crippen LogP contribution is 2.26. The Bertz CT molecular complexity index is 280. The molecule has 0 aromatic heterocycles. The van der Waals surface area contributed by atoms with E-state index < -0.39 is 12.0 Å². The number of carboxylic acid groups (broad SMARTS) is 1. The third-order valence-electron chi connectivity index (χ3n) is 3.19. The topological polar surface area (TPSA) is 75.6 Å². The molecule has 0 radical (unpaired) electrons. The highest BCUT2D eigenvalue weighted by atomic mass is 16.5. The van der Waals surface area contributed by atoms with Gasteiger partial charge in [-0.25, -0.2) is 4.79 Å². The Morgan fingerprint density at radius 1 is 1.41 bits per heavy atom. The fourth-order valence-corrected chi connectivity index (χ4v) is 2.17. The Morgan fingerprint density at radius 3 is 2.59 bits per heavy atom. The summed E-state index contributed by atoms with van der Waals surface area (Å²) in [4.78, 5) is 21.7. The molecule has 0 bridgehead atoms. The number of amides is 1. The summed E-state index contributed by atoms with van der Waals surface area (Å²) in [6.07, 6.45) is 4.58. The molecule has 0 spiro atoms. The molecule has 2 N–H and O–H groups in total. The molecule has 0 heterocycles. The molecule has 1 fully saturated rings. The fourth-order valence-electron chi connectivity index (χ4n) is 2.17. The van der Waals surface area contributed by atoms with E-state index in [-0.39, 0.29) is 18.6 Å². The second-order valence-electron chi connectivity index (χ2n) is 4.72. The molecule has 3 atom stereocenters. The summed E-state index contributed by atoms with van der Waals surface area (Å²) in [5.41, 5.74) is 0. The third kappa shape index (κ3) is 4.73. The van der Waals surface area contributed by atoms with E-state index in [4.69, 9.17) is 9.84 Å². The van der Waals surface area contributed by atoms with Gasteiger partial charge in [-0.05, 0) is 18.8 Å². The van der Waals surface area contributed by atoms with E-state index in [1.54, 1.807) is 0 Å². The van der Waals surface area contributed by atoms with Gasteiger partial charge in [0.2, 0.25) is 5.91 Å². The Labute approximate surface area is 102 Å². The first-order chi connectivity index (χ1) is 8.00. The molecule has 3 unspecified atom stereocenters. The van der Waals surface area contributed by atoms with Gasteiger partial charge in [0.15, 0.2) is 6.04 Å². The molecule has 1 saturated carbocycles. The zero-order valence-corrected chi connectivity index (χ0v) is 10.4. The molecule has 1 rings (SSSR count). The van der Waals surface area contributed by atoms with Gasteiger partial charge in [0.25, 0.3) is 0 Å². The monoisotopic (exact) mass is 243 g/mol. The number of nitrogens with one attached hydrogen (secondary N) is 1. The standard InChI is InChI=1S/C12H21NO4/c1-8-5-3-4-6-11(8)17-7-10(12(15)16)13-9(2)14/h8,10-11H,3-7H2,1-2H3,(H,13,14)(H,15,16). The zero-order valence-electron chi connectivity index (χ0n) is 10.4. The van der Waals surface area contributed by atoms with Crippen LogP contribution in [0.25, 0.3) is 0 Å². The van der Waals surface area contributed by atoms with Crippen molar-refractivity contribution in [2.75, 3.05) is 6.61 Å². The van der Waals surface area contributed by atoms with Gasteiger partial charge in [0, 0.05) is 6.92 Å². The molecular formula is C12H21NO4. The lowest BCUT2D eigenvalue weighted by Crippen LogP contribution is -2.44. The maximum Gasteiger partial charge on any atom is 0.328 e. The molecular weight excluding hydrogens is 222 g/mol. The van der Waals surface area contributed by atoms with Crippen LogP contribution in [0.15, 0.2) is 0 Å². The highest BCUT2D eigenvalue weighted by Gasteiger charge is 2.25. The minimum Gasteiger partial charge on any atom is -0.480 e. The second-order valence-corrected chi connectivity index (χ2v) is 4.72. The lowest BCUT2D eigenvalue weighted by atomic mass is 9.88. The summed E-state index contributed by atoms with van der Waals surface area (Å²) in [5, 5.41) is 11.3. The van der Waals surface area contributed by atoms with Crippen LogP contribution in [-0.2, 0) is 14.3 Å². The average molecular weight is 243 g/mol. The predicted octanol–water partition coefficient (Wildman–Crippen LogP) is 1.17. The minimum atomic E-state index is -1.05. The predicted molar refractivity (Wildman–Crippen MR) is 62.6 cm³/mol. The van der Waals surface area contributed by atoms with E-state index in [1.165, 1.54) is 13.3 Å². The van der Waals surface area contributed by atoms with Crippen molar-refractivity contribution in [3.8, 4) is 0 Å². The molecule has 0 saturated heterocycles. The molecule has 98 valence electrons. The molecule has 5 heteroatoms. The second kappa shape index (κ2) is 6.59. The minimum absolute atomic E-state index is 0.0456. The number of carbonyl (C=O) groups is 2. The quantitative estimate of drug-likeness (QED) is 0.760. The molecule has 5 nitrogen and oxygen atoms in total. The number of carboxylic acids is 1. The summed E-state index contributed by atoms with van der Waals surface area (Å²) in [7, 11) is 0. The van der Waals surface area contributed by atoms with Gasteiger partial charge in [-0.1, -0.05) is 19.8 Å². The number of ether oxygens (including phenoxy) is 1. The Kier molecular flexibility index (Phi) is 5.41. The van der Waals surface area contributed by atoms with Crippen LogP contribution in [-0.4, -0.2) is 35.7 Å². The normalized spacial score (nSPS) is 26.2.